The molecule has 0 aromatic heterocycles. The van der Waals surface area contributed by atoms with E-state index in [2.05, 4.69) is 10.2 Å². The molecule has 1 atom stereocenters. The van der Waals surface area contributed by atoms with Crippen molar-refractivity contribution in [2.75, 3.05) is 31.6 Å². The molecular formula is C21H23FN2O3. The zero-order valence-electron chi connectivity index (χ0n) is 15.3. The molecule has 1 fully saturated rings. The van der Waals surface area contributed by atoms with E-state index in [9.17, 15) is 9.18 Å². The summed E-state index contributed by atoms with van der Waals surface area (Å²) in [6, 6.07) is 10.9. The first-order valence-electron chi connectivity index (χ1n) is 9.30. The van der Waals surface area contributed by atoms with Crippen molar-refractivity contribution in [1.82, 2.24) is 4.90 Å². The highest BCUT2D eigenvalue weighted by molar-refractivity contribution is 5.92. The Kier molecular flexibility index (Phi) is 4.99. The van der Waals surface area contributed by atoms with Crippen LogP contribution in [0.25, 0.3) is 0 Å². The molecule has 1 N–H and O–H groups in total. The van der Waals surface area contributed by atoms with Crippen LogP contribution >= 0.6 is 0 Å². The van der Waals surface area contributed by atoms with Crippen molar-refractivity contribution in [3.63, 3.8) is 0 Å². The molecule has 2 aliphatic rings. The second-order valence-corrected chi connectivity index (χ2v) is 7.04. The second-order valence-electron chi connectivity index (χ2n) is 7.04. The molecule has 0 radical (unpaired) electrons. The highest BCUT2D eigenvalue weighted by atomic mass is 19.1. The Morgan fingerprint density at radius 3 is 2.81 bits per heavy atom. The van der Waals surface area contributed by atoms with Crippen LogP contribution in [0.4, 0.5) is 10.1 Å². The molecule has 0 saturated carbocycles. The Labute approximate surface area is 158 Å². The fourth-order valence-electron chi connectivity index (χ4n) is 3.72. The third-order valence-electron chi connectivity index (χ3n) is 5.12. The lowest BCUT2D eigenvalue weighted by Crippen LogP contribution is -2.33. The summed E-state index contributed by atoms with van der Waals surface area (Å²) in [5.41, 5.74) is 2.18. The molecule has 0 aliphatic carbocycles. The molecule has 27 heavy (non-hydrogen) atoms. The average molecular weight is 370 g/mol. The molecule has 6 heteroatoms. The standard InChI is InChI=1S/C21H23FN2O3/c1-14-4-6-16(12-17(14)22)23-21(25)13-24-8-2-3-18(24)15-5-7-19-20(11-15)27-10-9-26-19/h4-7,11-12,18H,2-3,8-10,13H2,1H3,(H,23,25)/t18-/m0/s1. The predicted octanol–water partition coefficient (Wildman–Crippen LogP) is 3.68. The van der Waals surface area contributed by atoms with Crippen LogP contribution in [0.3, 0.4) is 0 Å². The summed E-state index contributed by atoms with van der Waals surface area (Å²) in [4.78, 5) is 14.6. The van der Waals surface area contributed by atoms with Crippen LogP contribution in [-0.4, -0.2) is 37.1 Å². The molecule has 2 aromatic carbocycles. The third-order valence-corrected chi connectivity index (χ3v) is 5.12. The summed E-state index contributed by atoms with van der Waals surface area (Å²) in [7, 11) is 0. The molecule has 2 aliphatic heterocycles. The summed E-state index contributed by atoms with van der Waals surface area (Å²) < 4.78 is 24.9. The zero-order chi connectivity index (χ0) is 18.8. The fraction of sp³-hybridized carbons (Fsp3) is 0.381. The number of ether oxygens (including phenoxy) is 2. The number of carbonyl (C=O) groups is 1. The molecule has 4 rings (SSSR count). The van der Waals surface area contributed by atoms with Gasteiger partial charge in [-0.05, 0) is 61.7 Å². The summed E-state index contributed by atoms with van der Waals surface area (Å²) in [6.45, 7) is 3.95. The lowest BCUT2D eigenvalue weighted by Gasteiger charge is -2.26. The number of carbonyl (C=O) groups excluding carboxylic acids is 1. The second kappa shape index (κ2) is 7.56. The largest absolute Gasteiger partial charge is 0.486 e. The van der Waals surface area contributed by atoms with Crippen molar-refractivity contribution in [1.29, 1.82) is 0 Å². The van der Waals surface area contributed by atoms with E-state index in [0.29, 0.717) is 24.5 Å². The van der Waals surface area contributed by atoms with E-state index in [0.717, 1.165) is 36.4 Å². The number of hydrogen-bond acceptors (Lipinski definition) is 4. The Bertz CT molecular complexity index is 855. The van der Waals surface area contributed by atoms with Crippen molar-refractivity contribution in [2.24, 2.45) is 0 Å². The van der Waals surface area contributed by atoms with Crippen molar-refractivity contribution in [3.05, 3.63) is 53.3 Å². The van der Waals surface area contributed by atoms with Crippen molar-refractivity contribution in [2.45, 2.75) is 25.8 Å². The van der Waals surface area contributed by atoms with Gasteiger partial charge in [0.1, 0.15) is 19.0 Å². The smallest absolute Gasteiger partial charge is 0.238 e. The number of nitrogens with one attached hydrogen (secondary N) is 1. The number of fused-ring (bicyclic) bond motifs is 1. The molecule has 2 heterocycles. The molecule has 0 bridgehead atoms. The Hall–Kier alpha value is -2.60. The highest BCUT2D eigenvalue weighted by Gasteiger charge is 2.28. The van der Waals surface area contributed by atoms with E-state index in [1.54, 1.807) is 19.1 Å². The number of likely N-dealkylation sites (tertiary alicyclic amines) is 1. The summed E-state index contributed by atoms with van der Waals surface area (Å²) >= 11 is 0. The lowest BCUT2D eigenvalue weighted by molar-refractivity contribution is -0.117. The van der Waals surface area contributed by atoms with Gasteiger partial charge >= 0.3 is 0 Å². The van der Waals surface area contributed by atoms with Crippen LogP contribution in [0.1, 0.15) is 30.0 Å². The average Bonchev–Trinajstić information content (AvgIpc) is 3.12. The molecule has 0 spiro atoms. The summed E-state index contributed by atoms with van der Waals surface area (Å²) in [5, 5.41) is 2.79. The van der Waals surface area contributed by atoms with E-state index >= 15 is 0 Å². The van der Waals surface area contributed by atoms with Crippen molar-refractivity contribution in [3.8, 4) is 11.5 Å². The number of anilines is 1. The minimum Gasteiger partial charge on any atom is -0.486 e. The summed E-state index contributed by atoms with van der Waals surface area (Å²) in [6.07, 6.45) is 2.03. The van der Waals surface area contributed by atoms with Crippen molar-refractivity contribution < 1.29 is 18.7 Å². The van der Waals surface area contributed by atoms with Gasteiger partial charge in [0, 0.05) is 11.7 Å². The number of amides is 1. The maximum atomic E-state index is 13.7. The molecule has 142 valence electrons. The van der Waals surface area contributed by atoms with Gasteiger partial charge in [0.15, 0.2) is 11.5 Å². The number of benzene rings is 2. The molecule has 0 unspecified atom stereocenters. The van der Waals surface area contributed by atoms with E-state index in [-0.39, 0.29) is 24.3 Å². The zero-order valence-corrected chi connectivity index (χ0v) is 15.3. The Morgan fingerprint density at radius 1 is 1.19 bits per heavy atom. The SMILES string of the molecule is Cc1ccc(NC(=O)CN2CCC[C@H]2c2ccc3c(c2)OCCO3)cc1F. The molecule has 1 amide bonds. The van der Waals surface area contributed by atoms with Crippen LogP contribution in [0.15, 0.2) is 36.4 Å². The molecular weight excluding hydrogens is 347 g/mol. The maximum absolute atomic E-state index is 13.7. The highest BCUT2D eigenvalue weighted by Crippen LogP contribution is 2.37. The lowest BCUT2D eigenvalue weighted by atomic mass is 10.0. The first-order valence-corrected chi connectivity index (χ1v) is 9.30. The maximum Gasteiger partial charge on any atom is 0.238 e. The van der Waals surface area contributed by atoms with Crippen LogP contribution in [0.5, 0.6) is 11.5 Å². The van der Waals surface area contributed by atoms with Gasteiger partial charge in [0.05, 0.1) is 6.54 Å². The normalized spacial score (nSPS) is 19.1. The Balaban J connectivity index is 1.43. The van der Waals surface area contributed by atoms with Crippen LogP contribution in [-0.2, 0) is 4.79 Å². The minimum absolute atomic E-state index is 0.136. The topological polar surface area (TPSA) is 50.8 Å². The number of rotatable bonds is 4. The van der Waals surface area contributed by atoms with Gasteiger partial charge < -0.3 is 14.8 Å². The first-order chi connectivity index (χ1) is 13.1. The number of aryl methyl sites for hydroxylation is 1. The van der Waals surface area contributed by atoms with Crippen LogP contribution < -0.4 is 14.8 Å². The van der Waals surface area contributed by atoms with Gasteiger partial charge in [-0.1, -0.05) is 12.1 Å². The first kappa shape index (κ1) is 17.8. The van der Waals surface area contributed by atoms with E-state index in [4.69, 9.17) is 9.47 Å². The number of nitrogens with zero attached hydrogens (tertiary/aromatic N) is 1. The minimum atomic E-state index is -0.317. The number of halogens is 1. The van der Waals surface area contributed by atoms with Gasteiger partial charge in [-0.3, -0.25) is 9.69 Å². The quantitative estimate of drug-likeness (QED) is 0.892. The van der Waals surface area contributed by atoms with Gasteiger partial charge in [0.25, 0.3) is 0 Å². The van der Waals surface area contributed by atoms with Gasteiger partial charge in [-0.15, -0.1) is 0 Å². The third kappa shape index (κ3) is 3.90. The molecule has 5 nitrogen and oxygen atoms in total. The molecule has 1 saturated heterocycles. The predicted molar refractivity (Wildman–Crippen MR) is 101 cm³/mol. The fourth-order valence-corrected chi connectivity index (χ4v) is 3.72. The van der Waals surface area contributed by atoms with Gasteiger partial charge in [-0.2, -0.15) is 0 Å². The van der Waals surface area contributed by atoms with Crippen molar-refractivity contribution >= 4 is 11.6 Å². The van der Waals surface area contributed by atoms with E-state index in [1.165, 1.54) is 6.07 Å². The summed E-state index contributed by atoms with van der Waals surface area (Å²) in [5.74, 6) is 1.09. The number of hydrogen-bond donors (Lipinski definition) is 1. The van der Waals surface area contributed by atoms with E-state index < -0.39 is 0 Å². The van der Waals surface area contributed by atoms with E-state index in [1.807, 2.05) is 18.2 Å². The van der Waals surface area contributed by atoms with Gasteiger partial charge in [0.2, 0.25) is 5.91 Å². The Morgan fingerprint density at radius 2 is 2.00 bits per heavy atom. The van der Waals surface area contributed by atoms with Crippen LogP contribution in [0, 0.1) is 12.7 Å². The monoisotopic (exact) mass is 370 g/mol. The molecule has 2 aromatic rings. The van der Waals surface area contributed by atoms with Gasteiger partial charge in [-0.25, -0.2) is 4.39 Å². The van der Waals surface area contributed by atoms with Crippen LogP contribution in [0.2, 0.25) is 0 Å².